The minimum absolute atomic E-state index is 0.0248. The molecule has 1 amide bonds. The molecule has 0 radical (unpaired) electrons. The zero-order chi connectivity index (χ0) is 17.3. The third kappa shape index (κ3) is 4.17. The van der Waals surface area contributed by atoms with E-state index in [1.165, 1.54) is 17.3 Å². The molecule has 0 spiro atoms. The summed E-state index contributed by atoms with van der Waals surface area (Å²) in [7, 11) is 0. The monoisotopic (exact) mass is 345 g/mol. The third-order valence-electron chi connectivity index (χ3n) is 3.97. The van der Waals surface area contributed by atoms with Crippen LogP contribution in [0, 0.1) is 0 Å². The van der Waals surface area contributed by atoms with Crippen LogP contribution in [0.1, 0.15) is 46.1 Å². The van der Waals surface area contributed by atoms with Gasteiger partial charge in [-0.3, -0.25) is 4.79 Å². The van der Waals surface area contributed by atoms with Crippen LogP contribution < -0.4 is 5.32 Å². The number of hydrogen-bond donors (Lipinski definition) is 1. The molecule has 1 aliphatic rings. The summed E-state index contributed by atoms with van der Waals surface area (Å²) in [6.07, 6.45) is 2.16. The number of nitrogens with one attached hydrogen (secondary N) is 1. The van der Waals surface area contributed by atoms with Crippen molar-refractivity contribution in [3.05, 3.63) is 29.8 Å². The third-order valence-corrected chi connectivity index (χ3v) is 4.91. The van der Waals surface area contributed by atoms with Gasteiger partial charge in [0.15, 0.2) is 0 Å². The number of amides is 1. The van der Waals surface area contributed by atoms with Crippen LogP contribution in [0.15, 0.2) is 33.9 Å². The molecule has 6 heteroatoms. The molecule has 1 aliphatic carbocycles. The zero-order valence-corrected chi connectivity index (χ0v) is 15.3. The highest BCUT2D eigenvalue weighted by Gasteiger charge is 2.27. The van der Waals surface area contributed by atoms with Crippen LogP contribution in [-0.4, -0.2) is 27.4 Å². The lowest BCUT2D eigenvalue weighted by molar-refractivity contribution is -0.120. The fraction of sp³-hybridized carbons (Fsp3) is 0.500. The molecule has 1 heterocycles. The topological polar surface area (TPSA) is 68.0 Å². The van der Waals surface area contributed by atoms with Gasteiger partial charge in [-0.1, -0.05) is 44.7 Å². The Morgan fingerprint density at radius 2 is 1.92 bits per heavy atom. The summed E-state index contributed by atoms with van der Waals surface area (Å²) >= 11 is 1.29. The highest BCUT2D eigenvalue weighted by Crippen LogP contribution is 2.29. The lowest BCUT2D eigenvalue weighted by Crippen LogP contribution is -2.32. The molecule has 5 nitrogen and oxygen atoms in total. The maximum atomic E-state index is 12.0. The summed E-state index contributed by atoms with van der Waals surface area (Å²) in [5, 5.41) is 11.3. The summed E-state index contributed by atoms with van der Waals surface area (Å²) in [4.78, 5) is 12.0. The van der Waals surface area contributed by atoms with Gasteiger partial charge in [-0.05, 0) is 42.9 Å². The molecule has 3 rings (SSSR count). The highest BCUT2D eigenvalue weighted by molar-refractivity contribution is 8.00. The summed E-state index contributed by atoms with van der Waals surface area (Å²) in [5.74, 6) is 0.504. The van der Waals surface area contributed by atoms with Gasteiger partial charge in [-0.25, -0.2) is 0 Å². The normalized spacial score (nSPS) is 16.0. The van der Waals surface area contributed by atoms with Crippen LogP contribution in [0.3, 0.4) is 0 Å². The second-order valence-electron chi connectivity index (χ2n) is 7.24. The van der Waals surface area contributed by atoms with Crippen molar-refractivity contribution in [3.63, 3.8) is 0 Å². The first kappa shape index (κ1) is 17.0. The summed E-state index contributed by atoms with van der Waals surface area (Å²) in [6, 6.07) is 8.51. The van der Waals surface area contributed by atoms with E-state index in [1.54, 1.807) is 0 Å². The molecular weight excluding hydrogens is 322 g/mol. The van der Waals surface area contributed by atoms with Crippen LogP contribution in [0.4, 0.5) is 0 Å². The minimum atomic E-state index is -0.248. The lowest BCUT2D eigenvalue weighted by Gasteiger charge is -2.18. The van der Waals surface area contributed by atoms with Gasteiger partial charge in [0.2, 0.25) is 11.8 Å². The number of aromatic nitrogens is 2. The van der Waals surface area contributed by atoms with Crippen LogP contribution >= 0.6 is 11.8 Å². The van der Waals surface area contributed by atoms with Gasteiger partial charge in [0.25, 0.3) is 5.22 Å². The molecule has 1 unspecified atom stereocenters. The quantitative estimate of drug-likeness (QED) is 0.835. The maximum Gasteiger partial charge on any atom is 0.277 e. The highest BCUT2D eigenvalue weighted by atomic mass is 32.2. The van der Waals surface area contributed by atoms with E-state index in [2.05, 4.69) is 48.4 Å². The second-order valence-corrected chi connectivity index (χ2v) is 8.54. The van der Waals surface area contributed by atoms with Gasteiger partial charge < -0.3 is 9.73 Å². The largest absolute Gasteiger partial charge is 0.411 e. The Morgan fingerprint density at radius 3 is 2.50 bits per heavy atom. The number of rotatable bonds is 5. The van der Waals surface area contributed by atoms with Crippen LogP contribution in [-0.2, 0) is 10.2 Å². The number of nitrogens with zero attached hydrogens (tertiary/aromatic N) is 2. The molecule has 0 aliphatic heterocycles. The van der Waals surface area contributed by atoms with E-state index in [4.69, 9.17) is 4.42 Å². The van der Waals surface area contributed by atoms with Gasteiger partial charge in [0.1, 0.15) is 0 Å². The Balaban J connectivity index is 1.65. The SMILES string of the molecule is CC(Sc1nnc(-c2ccc(C(C)(C)C)cc2)o1)C(=O)NC1CC1. The average molecular weight is 345 g/mol. The van der Waals surface area contributed by atoms with Crippen LogP contribution in [0.5, 0.6) is 0 Å². The molecule has 1 aromatic heterocycles. The zero-order valence-electron chi connectivity index (χ0n) is 14.5. The average Bonchev–Trinajstić information content (AvgIpc) is 3.22. The first-order chi connectivity index (χ1) is 11.3. The Bertz CT molecular complexity index is 715. The molecule has 2 aromatic rings. The number of carbonyl (C=O) groups excluding carboxylic acids is 1. The lowest BCUT2D eigenvalue weighted by atomic mass is 9.87. The van der Waals surface area contributed by atoms with Gasteiger partial charge in [-0.15, -0.1) is 10.2 Å². The van der Waals surface area contributed by atoms with Crippen molar-refractivity contribution in [1.29, 1.82) is 0 Å². The summed E-state index contributed by atoms with van der Waals surface area (Å²) in [6.45, 7) is 8.39. The minimum Gasteiger partial charge on any atom is -0.411 e. The van der Waals surface area contributed by atoms with Gasteiger partial charge in [0.05, 0.1) is 5.25 Å². The van der Waals surface area contributed by atoms with Gasteiger partial charge in [-0.2, -0.15) is 0 Å². The Labute approximate surface area is 146 Å². The maximum absolute atomic E-state index is 12.0. The van der Waals surface area contributed by atoms with Crippen molar-refractivity contribution < 1.29 is 9.21 Å². The standard InChI is InChI=1S/C18H23N3O2S/c1-11(15(22)19-14-9-10-14)24-17-21-20-16(23-17)12-5-7-13(8-6-12)18(2,3)4/h5-8,11,14H,9-10H2,1-4H3,(H,19,22). The molecule has 0 saturated heterocycles. The number of carbonyl (C=O) groups is 1. The van der Waals surface area contributed by atoms with Crippen LogP contribution in [0.25, 0.3) is 11.5 Å². The molecular formula is C18H23N3O2S. The van der Waals surface area contributed by atoms with E-state index in [1.807, 2.05) is 19.1 Å². The van der Waals surface area contributed by atoms with Crippen molar-refractivity contribution in [2.24, 2.45) is 0 Å². The predicted octanol–water partition coefficient (Wildman–Crippen LogP) is 3.79. The Morgan fingerprint density at radius 1 is 1.25 bits per heavy atom. The van der Waals surface area contributed by atoms with Gasteiger partial charge in [0, 0.05) is 11.6 Å². The van der Waals surface area contributed by atoms with Crippen molar-refractivity contribution in [2.45, 2.75) is 62.5 Å². The summed E-state index contributed by atoms with van der Waals surface area (Å²) in [5.41, 5.74) is 2.25. The fourth-order valence-electron chi connectivity index (χ4n) is 2.24. The number of thioether (sulfide) groups is 1. The summed E-state index contributed by atoms with van der Waals surface area (Å²) < 4.78 is 5.70. The molecule has 1 fully saturated rings. The van der Waals surface area contributed by atoms with E-state index in [-0.39, 0.29) is 16.6 Å². The Hall–Kier alpha value is -1.82. The van der Waals surface area contributed by atoms with Crippen molar-refractivity contribution in [1.82, 2.24) is 15.5 Å². The predicted molar refractivity (Wildman–Crippen MR) is 94.9 cm³/mol. The van der Waals surface area contributed by atoms with E-state index in [0.29, 0.717) is 17.2 Å². The van der Waals surface area contributed by atoms with E-state index in [9.17, 15) is 4.79 Å². The molecule has 24 heavy (non-hydrogen) atoms. The first-order valence-corrected chi connectivity index (χ1v) is 9.12. The molecule has 1 aromatic carbocycles. The number of hydrogen-bond acceptors (Lipinski definition) is 5. The first-order valence-electron chi connectivity index (χ1n) is 8.24. The molecule has 0 bridgehead atoms. The van der Waals surface area contributed by atoms with E-state index in [0.717, 1.165) is 18.4 Å². The van der Waals surface area contributed by atoms with Crippen molar-refractivity contribution in [3.8, 4) is 11.5 Å². The smallest absolute Gasteiger partial charge is 0.277 e. The molecule has 1 N–H and O–H groups in total. The van der Waals surface area contributed by atoms with Crippen LogP contribution in [0.2, 0.25) is 0 Å². The van der Waals surface area contributed by atoms with E-state index >= 15 is 0 Å². The van der Waals surface area contributed by atoms with Crippen molar-refractivity contribution in [2.75, 3.05) is 0 Å². The molecule has 1 saturated carbocycles. The van der Waals surface area contributed by atoms with E-state index < -0.39 is 0 Å². The van der Waals surface area contributed by atoms with Gasteiger partial charge >= 0.3 is 0 Å². The molecule has 128 valence electrons. The fourth-order valence-corrected chi connectivity index (χ4v) is 2.93. The van der Waals surface area contributed by atoms with Crippen molar-refractivity contribution >= 4 is 17.7 Å². The molecule has 1 atom stereocenters. The Kier molecular flexibility index (Phi) is 4.67. The number of benzene rings is 1. The second kappa shape index (κ2) is 6.59.